The third kappa shape index (κ3) is 4.65. The molecule has 2 amide bonds. The van der Waals surface area contributed by atoms with E-state index in [4.69, 9.17) is 16.3 Å². The number of hydrogen-bond donors (Lipinski definition) is 2. The molecule has 3 aromatic carbocycles. The Morgan fingerprint density at radius 1 is 1.03 bits per heavy atom. The van der Waals surface area contributed by atoms with E-state index in [0.29, 0.717) is 16.3 Å². The lowest BCUT2D eigenvalue weighted by Crippen LogP contribution is -2.42. The molecule has 32 heavy (non-hydrogen) atoms. The van der Waals surface area contributed by atoms with Crippen molar-refractivity contribution < 1.29 is 19.0 Å². The van der Waals surface area contributed by atoms with Crippen molar-refractivity contribution in [1.82, 2.24) is 10.7 Å². The Hall–Kier alpha value is -3.64. The van der Waals surface area contributed by atoms with E-state index in [0.717, 1.165) is 16.7 Å². The summed E-state index contributed by atoms with van der Waals surface area (Å²) in [5.74, 6) is 0.0299. The summed E-state index contributed by atoms with van der Waals surface area (Å²) in [5.41, 5.74) is 6.20. The molecule has 1 fully saturated rings. The zero-order chi connectivity index (χ0) is 22.7. The predicted molar refractivity (Wildman–Crippen MR) is 123 cm³/mol. The van der Waals surface area contributed by atoms with E-state index in [-0.39, 0.29) is 11.8 Å². The van der Waals surface area contributed by atoms with Crippen LogP contribution in [0.5, 0.6) is 5.75 Å². The second kappa shape index (κ2) is 9.24. The molecule has 0 unspecified atom stereocenters. The summed E-state index contributed by atoms with van der Waals surface area (Å²) in [7, 11) is 1.57. The standard InChI is InChI=1S/C25H22ClN3O3/c1-16-3-7-18(8-4-16)23-22(27-24(30)19-9-13-21(32-2)14-10-19)25(31)28-29(23)15-17-5-11-20(26)12-6-17/h3-15,22-23H,1-2H3,(H-,27,28,30,31)/p+1/b29-15-/t22-,23+/m0/s1. The van der Waals surface area contributed by atoms with Crippen molar-refractivity contribution in [1.29, 1.82) is 0 Å². The molecule has 1 heterocycles. The van der Waals surface area contributed by atoms with E-state index in [2.05, 4.69) is 10.7 Å². The number of halogens is 1. The average Bonchev–Trinajstić information content (AvgIpc) is 3.10. The van der Waals surface area contributed by atoms with Gasteiger partial charge in [0.1, 0.15) is 5.75 Å². The number of methoxy groups -OCH3 is 1. The summed E-state index contributed by atoms with van der Waals surface area (Å²) in [5, 5.41) is 3.53. The normalized spacial score (nSPS) is 19.0. The Bertz CT molecular complexity index is 1160. The molecule has 162 valence electrons. The highest BCUT2D eigenvalue weighted by Gasteiger charge is 2.47. The first kappa shape index (κ1) is 21.6. The van der Waals surface area contributed by atoms with Crippen LogP contribution in [0.15, 0.2) is 72.8 Å². The molecule has 0 aliphatic carbocycles. The maximum Gasteiger partial charge on any atom is 0.304 e. The summed E-state index contributed by atoms with van der Waals surface area (Å²) in [6, 6.07) is 20.8. The lowest BCUT2D eigenvalue weighted by Gasteiger charge is -2.15. The Labute approximate surface area is 191 Å². The van der Waals surface area contributed by atoms with Crippen molar-refractivity contribution in [3.63, 3.8) is 0 Å². The number of amides is 2. The summed E-state index contributed by atoms with van der Waals surface area (Å²) in [6.07, 6.45) is 1.83. The molecular formula is C25H23ClN3O3+. The number of hydrazine groups is 1. The quantitative estimate of drug-likeness (QED) is 0.585. The average molecular weight is 449 g/mol. The lowest BCUT2D eigenvalue weighted by atomic mass is 9.98. The maximum atomic E-state index is 12.9. The SMILES string of the molecule is COc1ccc(C(=O)N[C@@H]2C(=O)N/[N+](=C\c3ccc(Cl)cc3)[C@@H]2c2ccc(C)cc2)cc1. The van der Waals surface area contributed by atoms with Gasteiger partial charge in [0.15, 0.2) is 6.04 Å². The smallest absolute Gasteiger partial charge is 0.304 e. The Kier molecular flexibility index (Phi) is 6.23. The van der Waals surface area contributed by atoms with Crippen LogP contribution in [0.1, 0.15) is 33.1 Å². The van der Waals surface area contributed by atoms with Gasteiger partial charge in [-0.3, -0.25) is 9.59 Å². The van der Waals surface area contributed by atoms with Gasteiger partial charge in [-0.05, 0) is 55.5 Å². The van der Waals surface area contributed by atoms with E-state index in [9.17, 15) is 9.59 Å². The minimum Gasteiger partial charge on any atom is -0.497 e. The largest absolute Gasteiger partial charge is 0.497 e. The van der Waals surface area contributed by atoms with Gasteiger partial charge >= 0.3 is 5.91 Å². The van der Waals surface area contributed by atoms with Crippen LogP contribution in [-0.2, 0) is 4.79 Å². The third-order valence-electron chi connectivity index (χ3n) is 5.35. The van der Waals surface area contributed by atoms with Crippen LogP contribution >= 0.6 is 11.6 Å². The van der Waals surface area contributed by atoms with Crippen LogP contribution in [0.2, 0.25) is 5.02 Å². The molecule has 0 radical (unpaired) electrons. The molecule has 0 spiro atoms. The van der Waals surface area contributed by atoms with Gasteiger partial charge in [-0.2, -0.15) is 0 Å². The summed E-state index contributed by atoms with van der Waals surface area (Å²) >= 11 is 6.00. The van der Waals surface area contributed by atoms with E-state index < -0.39 is 12.1 Å². The highest BCUT2D eigenvalue weighted by Crippen LogP contribution is 2.26. The van der Waals surface area contributed by atoms with Gasteiger partial charge in [-0.15, -0.1) is 10.1 Å². The Balaban J connectivity index is 1.67. The number of hydrogen-bond acceptors (Lipinski definition) is 3. The number of aryl methyl sites for hydroxylation is 1. The molecule has 1 aliphatic heterocycles. The molecular weight excluding hydrogens is 426 g/mol. The van der Waals surface area contributed by atoms with Gasteiger partial charge in [0.05, 0.1) is 7.11 Å². The van der Waals surface area contributed by atoms with Crippen LogP contribution in [0, 0.1) is 6.92 Å². The fourth-order valence-electron chi connectivity index (χ4n) is 3.62. The molecule has 0 bridgehead atoms. The van der Waals surface area contributed by atoms with Crippen molar-refractivity contribution in [2.45, 2.75) is 19.0 Å². The molecule has 4 rings (SSSR count). The zero-order valence-electron chi connectivity index (χ0n) is 17.7. The molecule has 3 aromatic rings. The summed E-state index contributed by atoms with van der Waals surface area (Å²) in [6.45, 7) is 2.00. The second-order valence-electron chi connectivity index (χ2n) is 7.60. The van der Waals surface area contributed by atoms with Crippen molar-refractivity contribution in [2.24, 2.45) is 0 Å². The van der Waals surface area contributed by atoms with Crippen LogP contribution < -0.4 is 15.5 Å². The van der Waals surface area contributed by atoms with E-state index >= 15 is 0 Å². The maximum absolute atomic E-state index is 12.9. The number of rotatable bonds is 5. The second-order valence-corrected chi connectivity index (χ2v) is 8.04. The third-order valence-corrected chi connectivity index (χ3v) is 5.61. The Morgan fingerprint density at radius 3 is 2.31 bits per heavy atom. The van der Waals surface area contributed by atoms with Crippen molar-refractivity contribution in [2.75, 3.05) is 7.11 Å². The molecule has 6 nitrogen and oxygen atoms in total. The van der Waals surface area contributed by atoms with Crippen LogP contribution in [0.4, 0.5) is 0 Å². The fourth-order valence-corrected chi connectivity index (χ4v) is 3.75. The fraction of sp³-hybridized carbons (Fsp3) is 0.160. The predicted octanol–water partition coefficient (Wildman–Crippen LogP) is 3.67. The molecule has 2 atom stereocenters. The highest BCUT2D eigenvalue weighted by atomic mass is 35.5. The van der Waals surface area contributed by atoms with Gasteiger partial charge < -0.3 is 10.1 Å². The molecule has 7 heteroatoms. The zero-order valence-corrected chi connectivity index (χ0v) is 18.5. The van der Waals surface area contributed by atoms with E-state index in [1.807, 2.05) is 49.5 Å². The van der Waals surface area contributed by atoms with Gasteiger partial charge in [0.25, 0.3) is 5.91 Å². The van der Waals surface area contributed by atoms with Gasteiger partial charge in [0.2, 0.25) is 12.3 Å². The number of carbonyl (C=O) groups is 2. The lowest BCUT2D eigenvalue weighted by molar-refractivity contribution is -0.596. The first-order chi connectivity index (χ1) is 15.4. The van der Waals surface area contributed by atoms with Crippen LogP contribution in [0.25, 0.3) is 0 Å². The Morgan fingerprint density at radius 2 is 1.69 bits per heavy atom. The molecule has 1 saturated heterocycles. The number of carbonyl (C=O) groups excluding carboxylic acids is 2. The van der Waals surface area contributed by atoms with Gasteiger partial charge in [-0.1, -0.05) is 41.4 Å². The number of ether oxygens (including phenoxy) is 1. The van der Waals surface area contributed by atoms with Crippen LogP contribution in [0.3, 0.4) is 0 Å². The van der Waals surface area contributed by atoms with Gasteiger partial charge in [0, 0.05) is 21.7 Å². The van der Waals surface area contributed by atoms with E-state index in [1.165, 1.54) is 0 Å². The summed E-state index contributed by atoms with van der Waals surface area (Å²) in [4.78, 5) is 25.8. The van der Waals surface area contributed by atoms with E-state index in [1.54, 1.807) is 48.2 Å². The first-order valence-corrected chi connectivity index (χ1v) is 10.5. The minimum absolute atomic E-state index is 0.289. The van der Waals surface area contributed by atoms with Gasteiger partial charge in [-0.25, -0.2) is 0 Å². The number of nitrogens with one attached hydrogen (secondary N) is 2. The van der Waals surface area contributed by atoms with Crippen molar-refractivity contribution >= 4 is 29.6 Å². The first-order valence-electron chi connectivity index (χ1n) is 10.2. The number of nitrogens with zero attached hydrogens (tertiary/aromatic N) is 1. The van der Waals surface area contributed by atoms with Crippen LogP contribution in [-0.4, -0.2) is 35.9 Å². The van der Waals surface area contributed by atoms with Crippen molar-refractivity contribution in [3.8, 4) is 5.75 Å². The topological polar surface area (TPSA) is 70.4 Å². The van der Waals surface area contributed by atoms with Crippen molar-refractivity contribution in [3.05, 3.63) is 100 Å². The molecule has 0 aromatic heterocycles. The molecule has 1 aliphatic rings. The highest BCUT2D eigenvalue weighted by molar-refractivity contribution is 6.30. The number of hydrazone groups is 1. The molecule has 0 saturated carbocycles. The number of benzene rings is 3. The summed E-state index contributed by atoms with van der Waals surface area (Å²) < 4.78 is 6.88. The molecule has 2 N–H and O–H groups in total. The monoisotopic (exact) mass is 448 g/mol. The minimum atomic E-state index is -0.782.